The number of rotatable bonds is 6. The SMILES string of the molecule is COc1ccccc1CC(=O)NCC1CCCC1CO. The first-order chi connectivity index (χ1) is 9.74. The van der Waals surface area contributed by atoms with Crippen molar-refractivity contribution in [2.45, 2.75) is 25.7 Å². The van der Waals surface area contributed by atoms with E-state index < -0.39 is 0 Å². The predicted molar refractivity (Wildman–Crippen MR) is 77.6 cm³/mol. The number of ether oxygens (including phenoxy) is 1. The van der Waals surface area contributed by atoms with Crippen molar-refractivity contribution < 1.29 is 14.6 Å². The maximum Gasteiger partial charge on any atom is 0.224 e. The molecule has 1 saturated carbocycles. The number of para-hydroxylation sites is 1. The average molecular weight is 277 g/mol. The molecule has 2 N–H and O–H groups in total. The zero-order chi connectivity index (χ0) is 14.4. The molecule has 2 atom stereocenters. The minimum atomic E-state index is 0.0121. The van der Waals surface area contributed by atoms with E-state index in [1.165, 1.54) is 0 Å². The summed E-state index contributed by atoms with van der Waals surface area (Å²) in [5.41, 5.74) is 0.901. The number of carbonyl (C=O) groups excluding carboxylic acids is 1. The second kappa shape index (κ2) is 7.29. The Morgan fingerprint density at radius 3 is 2.85 bits per heavy atom. The van der Waals surface area contributed by atoms with Gasteiger partial charge in [0, 0.05) is 18.7 Å². The summed E-state index contributed by atoms with van der Waals surface area (Å²) in [5.74, 6) is 1.53. The number of amides is 1. The van der Waals surface area contributed by atoms with Crippen LogP contribution < -0.4 is 10.1 Å². The molecule has 110 valence electrons. The Hall–Kier alpha value is -1.55. The summed E-state index contributed by atoms with van der Waals surface area (Å²) in [7, 11) is 1.61. The molecule has 0 spiro atoms. The lowest BCUT2D eigenvalue weighted by atomic mass is 9.97. The standard InChI is InChI=1S/C16H23NO3/c1-20-15-8-3-2-5-12(15)9-16(19)17-10-13-6-4-7-14(13)11-18/h2-3,5,8,13-14,18H,4,6-7,9-11H2,1H3,(H,17,19). The highest BCUT2D eigenvalue weighted by atomic mass is 16.5. The first-order valence-corrected chi connectivity index (χ1v) is 7.24. The van der Waals surface area contributed by atoms with Crippen LogP contribution >= 0.6 is 0 Å². The van der Waals surface area contributed by atoms with Crippen molar-refractivity contribution in [1.29, 1.82) is 0 Å². The van der Waals surface area contributed by atoms with Gasteiger partial charge in [-0.25, -0.2) is 0 Å². The molecule has 1 fully saturated rings. The van der Waals surface area contributed by atoms with Gasteiger partial charge in [0.15, 0.2) is 0 Å². The molecule has 2 rings (SSSR count). The number of hydrogen-bond donors (Lipinski definition) is 2. The van der Waals surface area contributed by atoms with Gasteiger partial charge in [0.25, 0.3) is 0 Å². The monoisotopic (exact) mass is 277 g/mol. The van der Waals surface area contributed by atoms with Crippen LogP contribution in [-0.4, -0.2) is 31.3 Å². The van der Waals surface area contributed by atoms with E-state index in [9.17, 15) is 9.90 Å². The molecule has 4 heteroatoms. The number of aliphatic hydroxyl groups excluding tert-OH is 1. The lowest BCUT2D eigenvalue weighted by molar-refractivity contribution is -0.120. The number of aliphatic hydroxyl groups is 1. The van der Waals surface area contributed by atoms with E-state index in [4.69, 9.17) is 4.74 Å². The fourth-order valence-electron chi connectivity index (χ4n) is 2.95. The molecule has 0 saturated heterocycles. The van der Waals surface area contributed by atoms with Gasteiger partial charge in [-0.3, -0.25) is 4.79 Å². The highest BCUT2D eigenvalue weighted by Gasteiger charge is 2.26. The Bertz CT molecular complexity index is 447. The molecular formula is C16H23NO3. The lowest BCUT2D eigenvalue weighted by Crippen LogP contribution is -2.32. The van der Waals surface area contributed by atoms with Gasteiger partial charge in [-0.2, -0.15) is 0 Å². The highest BCUT2D eigenvalue weighted by molar-refractivity contribution is 5.79. The van der Waals surface area contributed by atoms with Crippen LogP contribution in [0.1, 0.15) is 24.8 Å². The van der Waals surface area contributed by atoms with Crippen molar-refractivity contribution in [3.8, 4) is 5.75 Å². The molecular weight excluding hydrogens is 254 g/mol. The van der Waals surface area contributed by atoms with Crippen molar-refractivity contribution in [2.75, 3.05) is 20.3 Å². The van der Waals surface area contributed by atoms with Crippen LogP contribution in [0.2, 0.25) is 0 Å². The fourth-order valence-corrected chi connectivity index (χ4v) is 2.95. The molecule has 0 aliphatic heterocycles. The zero-order valence-electron chi connectivity index (χ0n) is 12.0. The Labute approximate surface area is 120 Å². The Morgan fingerprint density at radius 2 is 2.10 bits per heavy atom. The van der Waals surface area contributed by atoms with E-state index in [0.29, 0.717) is 24.8 Å². The van der Waals surface area contributed by atoms with Gasteiger partial charge in [0.1, 0.15) is 5.75 Å². The average Bonchev–Trinajstić information content (AvgIpc) is 2.93. The normalized spacial score (nSPS) is 21.7. The molecule has 1 amide bonds. The first kappa shape index (κ1) is 14.9. The van der Waals surface area contributed by atoms with Crippen LogP contribution in [0.3, 0.4) is 0 Å². The fraction of sp³-hybridized carbons (Fsp3) is 0.562. The summed E-state index contributed by atoms with van der Waals surface area (Å²) in [5, 5.41) is 12.3. The van der Waals surface area contributed by atoms with E-state index >= 15 is 0 Å². The van der Waals surface area contributed by atoms with Gasteiger partial charge in [-0.15, -0.1) is 0 Å². The molecule has 0 heterocycles. The van der Waals surface area contributed by atoms with Crippen molar-refractivity contribution in [2.24, 2.45) is 11.8 Å². The number of hydrogen-bond acceptors (Lipinski definition) is 3. The van der Waals surface area contributed by atoms with Gasteiger partial charge in [0.05, 0.1) is 13.5 Å². The molecule has 0 radical (unpaired) electrons. The van der Waals surface area contributed by atoms with Gasteiger partial charge < -0.3 is 15.2 Å². The summed E-state index contributed by atoms with van der Waals surface area (Å²) >= 11 is 0. The third-order valence-corrected chi connectivity index (χ3v) is 4.16. The smallest absolute Gasteiger partial charge is 0.224 e. The summed E-state index contributed by atoms with van der Waals surface area (Å²) in [6, 6.07) is 7.57. The van der Waals surface area contributed by atoms with Crippen LogP contribution in [0.25, 0.3) is 0 Å². The molecule has 4 nitrogen and oxygen atoms in total. The summed E-state index contributed by atoms with van der Waals surface area (Å²) in [4.78, 5) is 12.0. The van der Waals surface area contributed by atoms with E-state index in [0.717, 1.165) is 30.6 Å². The quantitative estimate of drug-likeness (QED) is 0.833. The maximum atomic E-state index is 12.0. The van der Waals surface area contributed by atoms with E-state index in [-0.39, 0.29) is 12.5 Å². The maximum absolute atomic E-state index is 12.0. The highest BCUT2D eigenvalue weighted by Crippen LogP contribution is 2.30. The van der Waals surface area contributed by atoms with E-state index in [2.05, 4.69) is 5.32 Å². The largest absolute Gasteiger partial charge is 0.496 e. The third kappa shape index (κ3) is 3.73. The van der Waals surface area contributed by atoms with Gasteiger partial charge in [-0.05, 0) is 30.7 Å². The molecule has 20 heavy (non-hydrogen) atoms. The number of benzene rings is 1. The van der Waals surface area contributed by atoms with Crippen LogP contribution in [0.15, 0.2) is 24.3 Å². The second-order valence-corrected chi connectivity index (χ2v) is 5.43. The molecule has 1 aliphatic rings. The van der Waals surface area contributed by atoms with Crippen LogP contribution in [-0.2, 0) is 11.2 Å². The van der Waals surface area contributed by atoms with Gasteiger partial charge in [-0.1, -0.05) is 24.6 Å². The van der Waals surface area contributed by atoms with Crippen molar-refractivity contribution in [3.63, 3.8) is 0 Å². The Balaban J connectivity index is 1.83. The summed E-state index contributed by atoms with van der Waals surface area (Å²) in [6.07, 6.45) is 3.66. The molecule has 1 aromatic carbocycles. The van der Waals surface area contributed by atoms with Gasteiger partial charge >= 0.3 is 0 Å². The first-order valence-electron chi connectivity index (χ1n) is 7.24. The molecule has 1 aromatic rings. The Kier molecular flexibility index (Phi) is 5.41. The van der Waals surface area contributed by atoms with Crippen LogP contribution in [0.4, 0.5) is 0 Å². The van der Waals surface area contributed by atoms with Crippen molar-refractivity contribution in [1.82, 2.24) is 5.32 Å². The zero-order valence-corrected chi connectivity index (χ0v) is 12.0. The molecule has 1 aliphatic carbocycles. The number of carbonyl (C=O) groups is 1. The Morgan fingerprint density at radius 1 is 1.35 bits per heavy atom. The second-order valence-electron chi connectivity index (χ2n) is 5.43. The summed E-state index contributed by atoms with van der Waals surface area (Å²) < 4.78 is 5.25. The van der Waals surface area contributed by atoms with E-state index in [1.54, 1.807) is 7.11 Å². The van der Waals surface area contributed by atoms with Crippen LogP contribution in [0, 0.1) is 11.8 Å². The van der Waals surface area contributed by atoms with Gasteiger partial charge in [0.2, 0.25) is 5.91 Å². The number of methoxy groups -OCH3 is 1. The van der Waals surface area contributed by atoms with Crippen molar-refractivity contribution >= 4 is 5.91 Å². The molecule has 2 unspecified atom stereocenters. The number of nitrogens with one attached hydrogen (secondary N) is 1. The van der Waals surface area contributed by atoms with Crippen LogP contribution in [0.5, 0.6) is 5.75 Å². The van der Waals surface area contributed by atoms with E-state index in [1.807, 2.05) is 24.3 Å². The third-order valence-electron chi connectivity index (χ3n) is 4.16. The predicted octanol–water partition coefficient (Wildman–Crippen LogP) is 1.76. The minimum Gasteiger partial charge on any atom is -0.496 e. The summed E-state index contributed by atoms with van der Waals surface area (Å²) in [6.45, 7) is 0.895. The molecule has 0 bridgehead atoms. The topological polar surface area (TPSA) is 58.6 Å². The lowest BCUT2D eigenvalue weighted by Gasteiger charge is -2.18. The molecule has 0 aromatic heterocycles. The minimum absolute atomic E-state index is 0.0121. The van der Waals surface area contributed by atoms with Crippen molar-refractivity contribution in [3.05, 3.63) is 29.8 Å².